The van der Waals surface area contributed by atoms with Crippen molar-refractivity contribution in [2.45, 2.75) is 19.9 Å². The van der Waals surface area contributed by atoms with Gasteiger partial charge in [-0.25, -0.2) is 4.39 Å². The third-order valence-electron chi connectivity index (χ3n) is 2.34. The van der Waals surface area contributed by atoms with Crippen LogP contribution in [0.4, 0.5) is 16.1 Å². The maximum atomic E-state index is 12.9. The van der Waals surface area contributed by atoms with Crippen molar-refractivity contribution in [2.75, 3.05) is 11.9 Å². The first kappa shape index (κ1) is 14.0. The van der Waals surface area contributed by atoms with Gasteiger partial charge in [0.1, 0.15) is 5.82 Å². The van der Waals surface area contributed by atoms with Gasteiger partial charge in [0.2, 0.25) is 5.89 Å². The Hall–Kier alpha value is -1.47. The van der Waals surface area contributed by atoms with E-state index in [2.05, 4.69) is 43.7 Å². The Morgan fingerprint density at radius 2 is 2.21 bits per heavy atom. The molecule has 0 bridgehead atoms. The highest BCUT2D eigenvalue weighted by Crippen LogP contribution is 2.25. The molecule has 2 N–H and O–H groups in total. The van der Waals surface area contributed by atoms with Gasteiger partial charge >= 0.3 is 6.01 Å². The Morgan fingerprint density at radius 1 is 1.37 bits per heavy atom. The second-order valence-corrected chi connectivity index (χ2v) is 4.78. The number of aromatic nitrogens is 2. The number of nitrogens with one attached hydrogen (secondary N) is 2. The van der Waals surface area contributed by atoms with E-state index in [0.29, 0.717) is 22.6 Å². The zero-order valence-electron chi connectivity index (χ0n) is 10.4. The molecule has 0 fully saturated rings. The Balaban J connectivity index is 1.99. The first-order chi connectivity index (χ1) is 9.19. The van der Waals surface area contributed by atoms with Gasteiger partial charge in [-0.05, 0) is 47.1 Å². The Bertz CT molecular complexity index is 546. The fourth-order valence-corrected chi connectivity index (χ4v) is 1.90. The predicted molar refractivity (Wildman–Crippen MR) is 73.7 cm³/mol. The SMILES string of the molecule is CCCNCc1nnc(Nc2ccc(F)cc2Br)o1. The summed E-state index contributed by atoms with van der Waals surface area (Å²) in [6.07, 6.45) is 1.04. The molecule has 1 heterocycles. The van der Waals surface area contributed by atoms with Crippen LogP contribution < -0.4 is 10.6 Å². The van der Waals surface area contributed by atoms with Crippen LogP contribution in [0.5, 0.6) is 0 Å². The van der Waals surface area contributed by atoms with E-state index in [-0.39, 0.29) is 11.8 Å². The molecule has 0 saturated carbocycles. The number of hydrogen-bond donors (Lipinski definition) is 2. The van der Waals surface area contributed by atoms with Gasteiger partial charge in [-0.3, -0.25) is 0 Å². The number of hydrogen-bond acceptors (Lipinski definition) is 5. The van der Waals surface area contributed by atoms with E-state index in [4.69, 9.17) is 4.42 Å². The van der Waals surface area contributed by atoms with Gasteiger partial charge in [0, 0.05) is 4.47 Å². The highest BCUT2D eigenvalue weighted by molar-refractivity contribution is 9.10. The zero-order valence-corrected chi connectivity index (χ0v) is 12.0. The van der Waals surface area contributed by atoms with Crippen molar-refractivity contribution < 1.29 is 8.81 Å². The summed E-state index contributed by atoms with van der Waals surface area (Å²) in [5.41, 5.74) is 0.665. The van der Waals surface area contributed by atoms with E-state index in [1.165, 1.54) is 12.1 Å². The fourth-order valence-electron chi connectivity index (χ4n) is 1.45. The molecule has 1 aromatic heterocycles. The van der Waals surface area contributed by atoms with Crippen molar-refractivity contribution in [3.63, 3.8) is 0 Å². The average molecular weight is 329 g/mol. The van der Waals surface area contributed by atoms with Crippen molar-refractivity contribution in [2.24, 2.45) is 0 Å². The van der Waals surface area contributed by atoms with Crippen LogP contribution in [0.3, 0.4) is 0 Å². The molecule has 0 aliphatic heterocycles. The van der Waals surface area contributed by atoms with Crippen LogP contribution in [-0.4, -0.2) is 16.7 Å². The quantitative estimate of drug-likeness (QED) is 0.797. The molecule has 2 rings (SSSR count). The standard InChI is InChI=1S/C12H14BrFN4O/c1-2-5-15-7-11-17-18-12(19-11)16-10-4-3-8(14)6-9(10)13/h3-4,6,15H,2,5,7H2,1H3,(H,16,18). The maximum absolute atomic E-state index is 12.9. The summed E-state index contributed by atoms with van der Waals surface area (Å²) in [6, 6.07) is 4.59. The van der Waals surface area contributed by atoms with Crippen LogP contribution in [-0.2, 0) is 6.54 Å². The molecule has 0 spiro atoms. The van der Waals surface area contributed by atoms with Crippen molar-refractivity contribution in [3.8, 4) is 0 Å². The Morgan fingerprint density at radius 3 is 2.95 bits per heavy atom. The summed E-state index contributed by atoms with van der Waals surface area (Å²) < 4.78 is 18.9. The lowest BCUT2D eigenvalue weighted by atomic mass is 10.3. The number of benzene rings is 1. The molecule has 0 atom stereocenters. The molecule has 0 saturated heterocycles. The summed E-state index contributed by atoms with van der Waals surface area (Å²) in [5.74, 6) is 0.196. The largest absolute Gasteiger partial charge is 0.406 e. The summed E-state index contributed by atoms with van der Waals surface area (Å²) in [7, 11) is 0. The monoisotopic (exact) mass is 328 g/mol. The molecule has 2 aromatic rings. The van der Waals surface area contributed by atoms with Gasteiger partial charge in [-0.2, -0.15) is 0 Å². The van der Waals surface area contributed by atoms with Crippen LogP contribution in [0.25, 0.3) is 0 Å². The Kier molecular flexibility index (Phi) is 4.86. The van der Waals surface area contributed by atoms with Gasteiger partial charge in [0.15, 0.2) is 0 Å². The van der Waals surface area contributed by atoms with Crippen LogP contribution in [0, 0.1) is 5.82 Å². The molecule has 0 aliphatic carbocycles. The second-order valence-electron chi connectivity index (χ2n) is 3.93. The second kappa shape index (κ2) is 6.63. The van der Waals surface area contributed by atoms with E-state index in [1.54, 1.807) is 6.07 Å². The van der Waals surface area contributed by atoms with Crippen LogP contribution in [0.1, 0.15) is 19.2 Å². The molecule has 19 heavy (non-hydrogen) atoms. The minimum absolute atomic E-state index is 0.278. The maximum Gasteiger partial charge on any atom is 0.320 e. The summed E-state index contributed by atoms with van der Waals surface area (Å²) >= 11 is 3.26. The Labute approximate surface area is 118 Å². The average Bonchev–Trinajstić information content (AvgIpc) is 2.81. The fraction of sp³-hybridized carbons (Fsp3) is 0.333. The van der Waals surface area contributed by atoms with E-state index in [1.807, 2.05) is 0 Å². The van der Waals surface area contributed by atoms with Gasteiger partial charge in [0.25, 0.3) is 0 Å². The van der Waals surface area contributed by atoms with Crippen LogP contribution >= 0.6 is 15.9 Å². The summed E-state index contributed by atoms with van der Waals surface area (Å²) in [4.78, 5) is 0. The molecular weight excluding hydrogens is 315 g/mol. The van der Waals surface area contributed by atoms with Gasteiger partial charge < -0.3 is 15.1 Å². The van der Waals surface area contributed by atoms with E-state index < -0.39 is 0 Å². The van der Waals surface area contributed by atoms with E-state index in [9.17, 15) is 4.39 Å². The molecule has 7 heteroatoms. The third-order valence-corrected chi connectivity index (χ3v) is 3.00. The van der Waals surface area contributed by atoms with Crippen molar-refractivity contribution in [1.29, 1.82) is 0 Å². The molecule has 102 valence electrons. The first-order valence-electron chi connectivity index (χ1n) is 5.94. The lowest BCUT2D eigenvalue weighted by Gasteiger charge is -2.03. The van der Waals surface area contributed by atoms with Crippen molar-refractivity contribution in [3.05, 3.63) is 34.4 Å². The smallest absolute Gasteiger partial charge is 0.320 e. The zero-order chi connectivity index (χ0) is 13.7. The predicted octanol–water partition coefficient (Wildman–Crippen LogP) is 3.21. The molecule has 0 aliphatic rings. The highest BCUT2D eigenvalue weighted by atomic mass is 79.9. The minimum atomic E-state index is -0.313. The van der Waals surface area contributed by atoms with E-state index in [0.717, 1.165) is 13.0 Å². The summed E-state index contributed by atoms with van der Waals surface area (Å²) in [6.45, 7) is 3.52. The molecule has 0 unspecified atom stereocenters. The van der Waals surface area contributed by atoms with Crippen LogP contribution in [0.2, 0.25) is 0 Å². The van der Waals surface area contributed by atoms with Crippen molar-refractivity contribution >= 4 is 27.6 Å². The van der Waals surface area contributed by atoms with Gasteiger partial charge in [-0.15, -0.1) is 5.10 Å². The van der Waals surface area contributed by atoms with E-state index >= 15 is 0 Å². The third kappa shape index (κ3) is 4.00. The number of nitrogens with zero attached hydrogens (tertiary/aromatic N) is 2. The molecular formula is C12H14BrFN4O. The molecule has 1 aromatic carbocycles. The lowest BCUT2D eigenvalue weighted by molar-refractivity contribution is 0.479. The number of rotatable bonds is 6. The van der Waals surface area contributed by atoms with Crippen molar-refractivity contribution in [1.82, 2.24) is 15.5 Å². The summed E-state index contributed by atoms with van der Waals surface area (Å²) in [5, 5.41) is 13.9. The number of anilines is 2. The molecule has 5 nitrogen and oxygen atoms in total. The highest BCUT2D eigenvalue weighted by Gasteiger charge is 2.08. The molecule has 0 radical (unpaired) electrons. The van der Waals surface area contributed by atoms with Gasteiger partial charge in [0.05, 0.1) is 12.2 Å². The normalized spacial score (nSPS) is 10.7. The lowest BCUT2D eigenvalue weighted by Crippen LogP contribution is -2.13. The minimum Gasteiger partial charge on any atom is -0.406 e. The number of halogens is 2. The van der Waals surface area contributed by atoms with Gasteiger partial charge in [-0.1, -0.05) is 12.0 Å². The van der Waals surface area contributed by atoms with Crippen LogP contribution in [0.15, 0.2) is 27.1 Å². The molecule has 0 amide bonds. The topological polar surface area (TPSA) is 63.0 Å². The first-order valence-corrected chi connectivity index (χ1v) is 6.73.